The van der Waals surface area contributed by atoms with Crippen LogP contribution in [0.1, 0.15) is 6.42 Å². The second-order valence-electron chi connectivity index (χ2n) is 4.74. The van der Waals surface area contributed by atoms with Crippen LogP contribution in [0.25, 0.3) is 4.85 Å². The van der Waals surface area contributed by atoms with E-state index in [2.05, 4.69) is 26.8 Å². The van der Waals surface area contributed by atoms with Gasteiger partial charge in [-0.05, 0) is 12.1 Å². The molecule has 2 rings (SSSR count). The van der Waals surface area contributed by atoms with Crippen LogP contribution in [0.3, 0.4) is 0 Å². The fourth-order valence-corrected chi connectivity index (χ4v) is 2.48. The van der Waals surface area contributed by atoms with Gasteiger partial charge < -0.3 is 14.5 Å². The SMILES string of the molecule is [C-]#[N+]CCCN1CCN(c2ccccc2OC)CC1. The number of anilines is 1. The van der Waals surface area contributed by atoms with Crippen LogP contribution in [0.2, 0.25) is 0 Å². The van der Waals surface area contributed by atoms with E-state index in [9.17, 15) is 0 Å². The molecule has 0 unspecified atom stereocenters. The fraction of sp³-hybridized carbons (Fsp3) is 0.533. The van der Waals surface area contributed by atoms with Gasteiger partial charge in [0.1, 0.15) is 5.75 Å². The number of rotatable bonds is 5. The molecule has 1 aromatic rings. The number of nitrogens with zero attached hydrogens (tertiary/aromatic N) is 3. The molecule has 0 spiro atoms. The van der Waals surface area contributed by atoms with E-state index in [1.807, 2.05) is 12.1 Å². The standard InChI is InChI=1S/C15H21N3O/c1-16-8-5-9-17-10-12-18(13-11-17)14-6-3-4-7-15(14)19-2/h3-4,6-7H,5,8-13H2,2H3. The van der Waals surface area contributed by atoms with Crippen LogP contribution in [-0.4, -0.2) is 51.3 Å². The summed E-state index contributed by atoms with van der Waals surface area (Å²) in [7, 11) is 1.72. The molecule has 0 saturated carbocycles. The van der Waals surface area contributed by atoms with Crippen molar-refractivity contribution in [3.05, 3.63) is 35.7 Å². The van der Waals surface area contributed by atoms with Crippen molar-refractivity contribution in [3.8, 4) is 5.75 Å². The van der Waals surface area contributed by atoms with Gasteiger partial charge in [0.25, 0.3) is 0 Å². The van der Waals surface area contributed by atoms with Crippen LogP contribution in [0.4, 0.5) is 5.69 Å². The molecule has 0 amide bonds. The maximum atomic E-state index is 6.79. The Morgan fingerprint density at radius 3 is 2.63 bits per heavy atom. The molecule has 0 atom stereocenters. The number of hydrogen-bond acceptors (Lipinski definition) is 3. The van der Waals surface area contributed by atoms with Gasteiger partial charge in [0, 0.05) is 39.1 Å². The molecule has 1 aromatic carbocycles. The summed E-state index contributed by atoms with van der Waals surface area (Å²) in [6.45, 7) is 12.7. The Hall–Kier alpha value is -1.73. The zero-order valence-electron chi connectivity index (χ0n) is 11.5. The first-order chi connectivity index (χ1) is 9.35. The molecule has 19 heavy (non-hydrogen) atoms. The molecular weight excluding hydrogens is 238 g/mol. The number of benzene rings is 1. The molecule has 1 saturated heterocycles. The van der Waals surface area contributed by atoms with Crippen molar-refractivity contribution in [2.75, 3.05) is 51.3 Å². The van der Waals surface area contributed by atoms with Gasteiger partial charge in [0.2, 0.25) is 6.54 Å². The summed E-state index contributed by atoms with van der Waals surface area (Å²) in [4.78, 5) is 8.22. The van der Waals surface area contributed by atoms with Crippen LogP contribution in [0, 0.1) is 6.57 Å². The van der Waals surface area contributed by atoms with Crippen molar-refractivity contribution in [3.63, 3.8) is 0 Å². The summed E-state index contributed by atoms with van der Waals surface area (Å²) in [6.07, 6.45) is 0.984. The third-order valence-corrected chi connectivity index (χ3v) is 3.54. The van der Waals surface area contributed by atoms with E-state index < -0.39 is 0 Å². The van der Waals surface area contributed by atoms with Gasteiger partial charge in [0.05, 0.1) is 12.8 Å². The van der Waals surface area contributed by atoms with Crippen molar-refractivity contribution in [1.82, 2.24) is 4.90 Å². The summed E-state index contributed by atoms with van der Waals surface area (Å²) in [5.74, 6) is 0.948. The minimum absolute atomic E-state index is 0.646. The molecular formula is C15H21N3O. The van der Waals surface area contributed by atoms with Gasteiger partial charge >= 0.3 is 0 Å². The number of methoxy groups -OCH3 is 1. The first-order valence-corrected chi connectivity index (χ1v) is 6.78. The van der Waals surface area contributed by atoms with Crippen molar-refractivity contribution >= 4 is 5.69 Å². The molecule has 0 aliphatic carbocycles. The molecule has 102 valence electrons. The highest BCUT2D eigenvalue weighted by Gasteiger charge is 2.19. The van der Waals surface area contributed by atoms with Gasteiger partial charge in [-0.2, -0.15) is 0 Å². The normalized spacial score (nSPS) is 16.1. The lowest BCUT2D eigenvalue weighted by Gasteiger charge is -2.36. The maximum Gasteiger partial charge on any atom is 0.215 e. The summed E-state index contributed by atoms with van der Waals surface area (Å²) >= 11 is 0. The highest BCUT2D eigenvalue weighted by molar-refractivity contribution is 5.58. The quantitative estimate of drug-likeness (QED) is 0.597. The summed E-state index contributed by atoms with van der Waals surface area (Å²) < 4.78 is 5.42. The molecule has 0 aromatic heterocycles. The van der Waals surface area contributed by atoms with Crippen LogP contribution in [-0.2, 0) is 0 Å². The monoisotopic (exact) mass is 259 g/mol. The molecule has 4 nitrogen and oxygen atoms in total. The van der Waals surface area contributed by atoms with Crippen LogP contribution in [0.15, 0.2) is 24.3 Å². The van der Waals surface area contributed by atoms with Crippen molar-refractivity contribution in [2.45, 2.75) is 6.42 Å². The van der Waals surface area contributed by atoms with Crippen LogP contribution in [0.5, 0.6) is 5.75 Å². The molecule has 0 N–H and O–H groups in total. The van der Waals surface area contributed by atoms with E-state index in [4.69, 9.17) is 11.3 Å². The van der Waals surface area contributed by atoms with Gasteiger partial charge in [0.15, 0.2) is 0 Å². The Morgan fingerprint density at radius 2 is 1.95 bits per heavy atom. The first kappa shape index (κ1) is 13.7. The molecule has 0 radical (unpaired) electrons. The molecule has 1 heterocycles. The van der Waals surface area contributed by atoms with E-state index in [1.165, 1.54) is 5.69 Å². The predicted octanol–water partition coefficient (Wildman–Crippen LogP) is 2.13. The average Bonchev–Trinajstić information content (AvgIpc) is 2.48. The number of piperazine rings is 1. The lowest BCUT2D eigenvalue weighted by molar-refractivity contribution is 0.257. The molecule has 1 fully saturated rings. The second-order valence-corrected chi connectivity index (χ2v) is 4.74. The third kappa shape index (κ3) is 3.62. The van der Waals surface area contributed by atoms with Crippen molar-refractivity contribution in [2.24, 2.45) is 0 Å². The molecule has 0 bridgehead atoms. The van der Waals surface area contributed by atoms with Gasteiger partial charge in [-0.1, -0.05) is 12.1 Å². The molecule has 1 aliphatic rings. The van der Waals surface area contributed by atoms with Crippen molar-refractivity contribution < 1.29 is 4.74 Å². The highest BCUT2D eigenvalue weighted by atomic mass is 16.5. The minimum atomic E-state index is 0.646. The van der Waals surface area contributed by atoms with Gasteiger partial charge in [-0.3, -0.25) is 4.90 Å². The Balaban J connectivity index is 1.87. The molecule has 4 heteroatoms. The number of hydrogen-bond donors (Lipinski definition) is 0. The topological polar surface area (TPSA) is 20.1 Å². The minimum Gasteiger partial charge on any atom is -0.495 e. The zero-order chi connectivity index (χ0) is 13.5. The van der Waals surface area contributed by atoms with E-state index in [-0.39, 0.29) is 0 Å². The van der Waals surface area contributed by atoms with Gasteiger partial charge in [-0.25, -0.2) is 6.57 Å². The largest absolute Gasteiger partial charge is 0.495 e. The predicted molar refractivity (Wildman–Crippen MR) is 77.7 cm³/mol. The Morgan fingerprint density at radius 1 is 1.21 bits per heavy atom. The highest BCUT2D eigenvalue weighted by Crippen LogP contribution is 2.28. The summed E-state index contributed by atoms with van der Waals surface area (Å²) in [5.41, 5.74) is 1.19. The fourth-order valence-electron chi connectivity index (χ4n) is 2.48. The lowest BCUT2D eigenvalue weighted by atomic mass is 10.2. The summed E-state index contributed by atoms with van der Waals surface area (Å²) in [6, 6.07) is 8.19. The zero-order valence-corrected chi connectivity index (χ0v) is 11.5. The third-order valence-electron chi connectivity index (χ3n) is 3.54. The van der Waals surface area contributed by atoms with Crippen molar-refractivity contribution in [1.29, 1.82) is 0 Å². The number of para-hydroxylation sites is 2. The van der Waals surface area contributed by atoms with E-state index in [1.54, 1.807) is 7.11 Å². The average molecular weight is 259 g/mol. The first-order valence-electron chi connectivity index (χ1n) is 6.78. The van der Waals surface area contributed by atoms with E-state index in [0.29, 0.717) is 6.54 Å². The van der Waals surface area contributed by atoms with E-state index >= 15 is 0 Å². The number of ether oxygens (including phenoxy) is 1. The van der Waals surface area contributed by atoms with Gasteiger partial charge in [-0.15, -0.1) is 0 Å². The van der Waals surface area contributed by atoms with E-state index in [0.717, 1.165) is 44.9 Å². The summed E-state index contributed by atoms with van der Waals surface area (Å²) in [5, 5.41) is 0. The van der Waals surface area contributed by atoms with Crippen LogP contribution < -0.4 is 9.64 Å². The smallest absolute Gasteiger partial charge is 0.215 e. The maximum absolute atomic E-state index is 6.79. The Labute approximate surface area is 115 Å². The Bertz CT molecular complexity index is 433. The molecule has 1 aliphatic heterocycles. The van der Waals surface area contributed by atoms with Crippen LogP contribution >= 0.6 is 0 Å². The Kier molecular flexibility index (Phi) is 5.05. The lowest BCUT2D eigenvalue weighted by Crippen LogP contribution is -2.46. The second kappa shape index (κ2) is 7.01.